The normalized spacial score (nSPS) is 18.9. The molecule has 0 spiro atoms. The van der Waals surface area contributed by atoms with Crippen LogP contribution in [0.15, 0.2) is 24.3 Å². The number of fused-ring (bicyclic) bond motifs is 1. The Morgan fingerprint density at radius 1 is 1.42 bits per heavy atom. The monoisotopic (exact) mass is 256 g/mol. The van der Waals surface area contributed by atoms with Crippen LogP contribution >= 0.6 is 0 Å². The van der Waals surface area contributed by atoms with Gasteiger partial charge in [0.2, 0.25) is 0 Å². The van der Waals surface area contributed by atoms with Gasteiger partial charge < -0.3 is 10.4 Å². The molecule has 1 aromatic heterocycles. The number of hydrogen-bond donors (Lipinski definition) is 2. The summed E-state index contributed by atoms with van der Waals surface area (Å²) in [5.74, 6) is -0.563. The van der Waals surface area contributed by atoms with Crippen molar-refractivity contribution in [3.8, 4) is 0 Å². The van der Waals surface area contributed by atoms with Crippen LogP contribution in [0.4, 0.5) is 0 Å². The van der Waals surface area contributed by atoms with Crippen molar-refractivity contribution in [2.45, 2.75) is 19.3 Å². The van der Waals surface area contributed by atoms with E-state index in [0.717, 1.165) is 36.3 Å². The Hall–Kier alpha value is -1.94. The van der Waals surface area contributed by atoms with Crippen molar-refractivity contribution in [3.63, 3.8) is 0 Å². The van der Waals surface area contributed by atoms with Crippen LogP contribution in [-0.2, 0) is 0 Å². The van der Waals surface area contributed by atoms with Crippen molar-refractivity contribution in [2.24, 2.45) is 0 Å². The summed E-state index contributed by atoms with van der Waals surface area (Å²) in [6, 6.07) is 7.45. The van der Waals surface area contributed by atoms with Crippen LogP contribution < -0.4 is 5.32 Å². The minimum atomic E-state index is -0.886. The fourth-order valence-electron chi connectivity index (χ4n) is 2.65. The zero-order valence-corrected chi connectivity index (χ0v) is 10.8. The molecule has 1 fully saturated rings. The van der Waals surface area contributed by atoms with Gasteiger partial charge in [0, 0.05) is 23.5 Å². The number of carboxylic acids is 1. The topological polar surface area (TPSA) is 62.2 Å². The van der Waals surface area contributed by atoms with Crippen LogP contribution in [0.2, 0.25) is 0 Å². The largest absolute Gasteiger partial charge is 0.478 e. The van der Waals surface area contributed by atoms with Crippen molar-refractivity contribution in [3.05, 3.63) is 41.1 Å². The predicted octanol–water partition coefficient (Wildman–Crippen LogP) is 2.32. The molecule has 1 saturated heterocycles. The van der Waals surface area contributed by atoms with Gasteiger partial charge in [0.1, 0.15) is 0 Å². The Bertz CT molecular complexity index is 646. The molecule has 98 valence electrons. The molecule has 19 heavy (non-hydrogen) atoms. The summed E-state index contributed by atoms with van der Waals surface area (Å²) in [7, 11) is 0. The SMILES string of the molecule is Cc1ccc2c(C(=O)O)cc(C3CCNC3)nc2c1. The lowest BCUT2D eigenvalue weighted by Crippen LogP contribution is -2.10. The molecule has 1 atom stereocenters. The summed E-state index contributed by atoms with van der Waals surface area (Å²) < 4.78 is 0. The van der Waals surface area contributed by atoms with Crippen molar-refractivity contribution in [1.29, 1.82) is 0 Å². The Kier molecular flexibility index (Phi) is 2.95. The van der Waals surface area contributed by atoms with E-state index in [-0.39, 0.29) is 0 Å². The van der Waals surface area contributed by atoms with Gasteiger partial charge in [0.25, 0.3) is 0 Å². The van der Waals surface area contributed by atoms with Crippen LogP contribution in [-0.4, -0.2) is 29.1 Å². The number of nitrogens with one attached hydrogen (secondary N) is 1. The molecule has 1 aliphatic heterocycles. The summed E-state index contributed by atoms with van der Waals surface area (Å²) >= 11 is 0. The predicted molar refractivity (Wildman–Crippen MR) is 73.7 cm³/mol. The van der Waals surface area contributed by atoms with Gasteiger partial charge in [-0.15, -0.1) is 0 Å². The molecule has 2 aromatic rings. The van der Waals surface area contributed by atoms with E-state index in [1.54, 1.807) is 6.07 Å². The van der Waals surface area contributed by atoms with E-state index < -0.39 is 5.97 Å². The first-order valence-electron chi connectivity index (χ1n) is 6.50. The molecule has 1 aliphatic rings. The van der Waals surface area contributed by atoms with Gasteiger partial charge in [0.05, 0.1) is 11.1 Å². The number of nitrogens with zero attached hydrogens (tertiary/aromatic N) is 1. The molecule has 2 N–H and O–H groups in total. The molecule has 1 unspecified atom stereocenters. The van der Waals surface area contributed by atoms with Gasteiger partial charge in [-0.1, -0.05) is 12.1 Å². The summed E-state index contributed by atoms with van der Waals surface area (Å²) in [6.07, 6.45) is 1.02. The van der Waals surface area contributed by atoms with Gasteiger partial charge in [-0.2, -0.15) is 0 Å². The number of aryl methyl sites for hydroxylation is 1. The van der Waals surface area contributed by atoms with Gasteiger partial charge in [-0.3, -0.25) is 4.98 Å². The third kappa shape index (κ3) is 2.19. The summed E-state index contributed by atoms with van der Waals surface area (Å²) in [4.78, 5) is 16.1. The summed E-state index contributed by atoms with van der Waals surface area (Å²) in [5.41, 5.74) is 3.12. The smallest absolute Gasteiger partial charge is 0.336 e. The molecule has 4 nitrogen and oxygen atoms in total. The number of carboxylic acid groups (broad SMARTS) is 1. The molecule has 1 aromatic carbocycles. The Morgan fingerprint density at radius 3 is 2.95 bits per heavy atom. The van der Waals surface area contributed by atoms with Gasteiger partial charge in [-0.25, -0.2) is 4.79 Å². The maximum atomic E-state index is 11.4. The van der Waals surface area contributed by atoms with Crippen LogP contribution in [0.25, 0.3) is 10.9 Å². The quantitative estimate of drug-likeness (QED) is 0.865. The van der Waals surface area contributed by atoms with E-state index >= 15 is 0 Å². The van der Waals surface area contributed by atoms with Crippen LogP contribution in [0.3, 0.4) is 0 Å². The minimum absolute atomic E-state index is 0.322. The van der Waals surface area contributed by atoms with Crippen molar-refractivity contribution in [2.75, 3.05) is 13.1 Å². The lowest BCUT2D eigenvalue weighted by Gasteiger charge is -2.11. The zero-order chi connectivity index (χ0) is 13.4. The van der Waals surface area contributed by atoms with E-state index in [9.17, 15) is 9.90 Å². The highest BCUT2D eigenvalue weighted by atomic mass is 16.4. The molecule has 2 heterocycles. The maximum absolute atomic E-state index is 11.4. The number of pyridine rings is 1. The number of rotatable bonds is 2. The molecule has 0 amide bonds. The fourth-order valence-corrected chi connectivity index (χ4v) is 2.65. The highest BCUT2D eigenvalue weighted by Crippen LogP contribution is 2.26. The summed E-state index contributed by atoms with van der Waals surface area (Å²) in [5, 5.41) is 13.4. The molecule has 0 radical (unpaired) electrons. The van der Waals surface area contributed by atoms with E-state index in [2.05, 4.69) is 10.3 Å². The van der Waals surface area contributed by atoms with Crippen LogP contribution in [0, 0.1) is 6.92 Å². The van der Waals surface area contributed by atoms with E-state index in [1.165, 1.54) is 0 Å². The number of benzene rings is 1. The molecular weight excluding hydrogens is 240 g/mol. The van der Waals surface area contributed by atoms with Crippen LogP contribution in [0.1, 0.15) is 34.0 Å². The highest BCUT2D eigenvalue weighted by molar-refractivity contribution is 6.02. The number of hydrogen-bond acceptors (Lipinski definition) is 3. The van der Waals surface area contributed by atoms with E-state index in [1.807, 2.05) is 25.1 Å². The second-order valence-corrected chi connectivity index (χ2v) is 5.11. The summed E-state index contributed by atoms with van der Waals surface area (Å²) in [6.45, 7) is 3.84. The molecule has 0 aliphatic carbocycles. The lowest BCUT2D eigenvalue weighted by molar-refractivity contribution is 0.0699. The first kappa shape index (κ1) is 12.1. The number of aromatic nitrogens is 1. The second kappa shape index (κ2) is 4.63. The minimum Gasteiger partial charge on any atom is -0.478 e. The third-order valence-corrected chi connectivity index (χ3v) is 3.69. The molecular formula is C15H16N2O2. The standard InChI is InChI=1S/C15H16N2O2/c1-9-2-3-11-12(15(18)19)7-13(17-14(11)6-9)10-4-5-16-8-10/h2-3,6-7,10,16H,4-5,8H2,1H3,(H,18,19). The fraction of sp³-hybridized carbons (Fsp3) is 0.333. The first-order valence-corrected chi connectivity index (χ1v) is 6.50. The second-order valence-electron chi connectivity index (χ2n) is 5.11. The van der Waals surface area contributed by atoms with Gasteiger partial charge >= 0.3 is 5.97 Å². The lowest BCUT2D eigenvalue weighted by atomic mass is 9.99. The molecule has 4 heteroatoms. The average Bonchev–Trinajstić information content (AvgIpc) is 2.90. The van der Waals surface area contributed by atoms with E-state index in [0.29, 0.717) is 16.9 Å². The zero-order valence-electron chi connectivity index (χ0n) is 10.8. The molecule has 3 rings (SSSR count). The highest BCUT2D eigenvalue weighted by Gasteiger charge is 2.21. The third-order valence-electron chi connectivity index (χ3n) is 3.69. The first-order chi connectivity index (χ1) is 9.15. The Morgan fingerprint density at radius 2 is 2.26 bits per heavy atom. The maximum Gasteiger partial charge on any atom is 0.336 e. The van der Waals surface area contributed by atoms with E-state index in [4.69, 9.17) is 0 Å². The average molecular weight is 256 g/mol. The Balaban J connectivity index is 2.21. The number of aromatic carboxylic acids is 1. The van der Waals surface area contributed by atoms with Crippen molar-refractivity contribution in [1.82, 2.24) is 10.3 Å². The van der Waals surface area contributed by atoms with Gasteiger partial charge in [-0.05, 0) is 37.6 Å². The molecule has 0 bridgehead atoms. The van der Waals surface area contributed by atoms with Crippen LogP contribution in [0.5, 0.6) is 0 Å². The Labute approximate surface area is 111 Å². The molecule has 0 saturated carbocycles. The number of carbonyl (C=O) groups is 1. The van der Waals surface area contributed by atoms with Crippen molar-refractivity contribution < 1.29 is 9.90 Å². The van der Waals surface area contributed by atoms with Gasteiger partial charge in [0.15, 0.2) is 0 Å². The van der Waals surface area contributed by atoms with Crippen molar-refractivity contribution >= 4 is 16.9 Å².